The van der Waals surface area contributed by atoms with Gasteiger partial charge in [0, 0.05) is 18.8 Å². The summed E-state index contributed by atoms with van der Waals surface area (Å²) < 4.78 is 7.59. The highest BCUT2D eigenvalue weighted by atomic mass is 35.5. The molecule has 2 heterocycles. The molecule has 1 aromatic carbocycles. The number of para-hydroxylation sites is 1. The molecule has 1 aliphatic rings. The molecule has 1 N–H and O–H groups in total. The van der Waals surface area contributed by atoms with Gasteiger partial charge in [-0.1, -0.05) is 29.8 Å². The average molecular weight is 335 g/mol. The molecule has 122 valence electrons. The molecule has 0 unspecified atom stereocenters. The minimum Gasteiger partial charge on any atom is -0.486 e. The fraction of sp³-hybridized carbons (Fsp3) is 0.375. The molecule has 0 saturated carbocycles. The van der Waals surface area contributed by atoms with Crippen molar-refractivity contribution >= 4 is 23.4 Å². The van der Waals surface area contributed by atoms with E-state index < -0.39 is 5.60 Å². The molecule has 7 heteroatoms. The van der Waals surface area contributed by atoms with E-state index in [1.165, 1.54) is 0 Å². The Morgan fingerprint density at radius 3 is 2.83 bits per heavy atom. The van der Waals surface area contributed by atoms with Crippen LogP contribution >= 0.6 is 11.6 Å². The lowest BCUT2D eigenvalue weighted by molar-refractivity contribution is 0.0834. The van der Waals surface area contributed by atoms with Crippen molar-refractivity contribution < 1.29 is 9.53 Å². The predicted octanol–water partition coefficient (Wildman–Crippen LogP) is 3.28. The quantitative estimate of drug-likeness (QED) is 0.870. The van der Waals surface area contributed by atoms with Gasteiger partial charge in [-0.05, 0) is 19.9 Å². The number of hydrogen-bond acceptors (Lipinski definition) is 3. The summed E-state index contributed by atoms with van der Waals surface area (Å²) in [5, 5.41) is 7.32. The van der Waals surface area contributed by atoms with Gasteiger partial charge in [-0.15, -0.1) is 0 Å². The maximum absolute atomic E-state index is 12.6. The van der Waals surface area contributed by atoms with Gasteiger partial charge in [-0.3, -0.25) is 10.00 Å². The number of halogens is 1. The topological polar surface area (TPSA) is 59.4 Å². The average Bonchev–Trinajstić information content (AvgIpc) is 2.69. The molecule has 0 saturated heterocycles. The second kappa shape index (κ2) is 5.77. The first-order valence-electron chi connectivity index (χ1n) is 7.36. The van der Waals surface area contributed by atoms with Crippen molar-refractivity contribution in [2.24, 2.45) is 7.05 Å². The maximum Gasteiger partial charge on any atom is 0.323 e. The number of nitrogens with zero attached hydrogens (tertiary/aromatic N) is 3. The van der Waals surface area contributed by atoms with Gasteiger partial charge in [0.05, 0.1) is 13.1 Å². The van der Waals surface area contributed by atoms with Crippen LogP contribution in [0, 0.1) is 0 Å². The minimum absolute atomic E-state index is 0.251. The zero-order chi connectivity index (χ0) is 16.6. The van der Waals surface area contributed by atoms with Crippen molar-refractivity contribution in [1.29, 1.82) is 0 Å². The van der Waals surface area contributed by atoms with Crippen molar-refractivity contribution in [2.75, 3.05) is 11.9 Å². The lowest BCUT2D eigenvalue weighted by atomic mass is 10.1. The number of carbonyl (C=O) groups is 1. The van der Waals surface area contributed by atoms with Crippen molar-refractivity contribution in [3.63, 3.8) is 0 Å². The van der Waals surface area contributed by atoms with E-state index in [1.807, 2.05) is 38.1 Å². The molecule has 0 aliphatic carbocycles. The van der Waals surface area contributed by atoms with Crippen LogP contribution in [-0.2, 0) is 13.6 Å². The number of amides is 2. The SMILES string of the molecule is Cn1cc(Cl)c(NC(=O)N2Cc3ccccc3OC(C)(C)C2)n1. The van der Waals surface area contributed by atoms with Crippen LogP contribution in [0.1, 0.15) is 19.4 Å². The first-order valence-corrected chi connectivity index (χ1v) is 7.74. The Labute approximate surface area is 140 Å². The molecule has 0 fully saturated rings. The van der Waals surface area contributed by atoms with Crippen LogP contribution in [0.15, 0.2) is 30.5 Å². The number of aryl methyl sites for hydroxylation is 1. The monoisotopic (exact) mass is 334 g/mol. The highest BCUT2D eigenvalue weighted by Crippen LogP contribution is 2.29. The minimum atomic E-state index is -0.488. The zero-order valence-corrected chi connectivity index (χ0v) is 14.1. The van der Waals surface area contributed by atoms with Gasteiger partial charge >= 0.3 is 6.03 Å². The van der Waals surface area contributed by atoms with Gasteiger partial charge in [0.2, 0.25) is 0 Å². The van der Waals surface area contributed by atoms with E-state index >= 15 is 0 Å². The number of fused-ring (bicyclic) bond motifs is 1. The Bertz CT molecular complexity index is 741. The van der Waals surface area contributed by atoms with E-state index in [0.717, 1.165) is 11.3 Å². The van der Waals surface area contributed by atoms with E-state index in [1.54, 1.807) is 22.8 Å². The van der Waals surface area contributed by atoms with Crippen LogP contribution in [0.3, 0.4) is 0 Å². The van der Waals surface area contributed by atoms with Gasteiger partial charge in [-0.25, -0.2) is 4.79 Å². The summed E-state index contributed by atoms with van der Waals surface area (Å²) in [6.07, 6.45) is 1.64. The summed E-state index contributed by atoms with van der Waals surface area (Å²) in [4.78, 5) is 14.3. The standard InChI is InChI=1S/C16H19ClN4O2/c1-16(2)10-21(8-11-6-4-5-7-13(11)23-16)15(22)18-14-12(17)9-20(3)19-14/h4-7,9H,8,10H2,1-3H3,(H,18,19,22). The number of anilines is 1. The number of benzene rings is 1. The highest BCUT2D eigenvalue weighted by Gasteiger charge is 2.31. The first kappa shape index (κ1) is 15.7. The fourth-order valence-corrected chi connectivity index (χ4v) is 2.88. The molecular weight excluding hydrogens is 316 g/mol. The summed E-state index contributed by atoms with van der Waals surface area (Å²) in [6.45, 7) is 4.85. The van der Waals surface area contributed by atoms with E-state index in [2.05, 4.69) is 10.4 Å². The molecule has 0 bridgehead atoms. The van der Waals surface area contributed by atoms with Crippen molar-refractivity contribution in [3.05, 3.63) is 41.0 Å². The Morgan fingerprint density at radius 1 is 1.39 bits per heavy atom. The number of ether oxygens (including phenoxy) is 1. The van der Waals surface area contributed by atoms with Gasteiger partial charge < -0.3 is 9.64 Å². The molecule has 0 radical (unpaired) electrons. The molecule has 0 atom stereocenters. The van der Waals surface area contributed by atoms with Crippen LogP contribution in [0.4, 0.5) is 10.6 Å². The Kier molecular flexibility index (Phi) is 3.93. The molecule has 1 aromatic heterocycles. The molecule has 2 aromatic rings. The number of urea groups is 1. The first-order chi connectivity index (χ1) is 10.8. The maximum atomic E-state index is 12.6. The largest absolute Gasteiger partial charge is 0.486 e. The number of aromatic nitrogens is 2. The fourth-order valence-electron chi connectivity index (χ4n) is 2.65. The second-order valence-electron chi connectivity index (χ2n) is 6.26. The number of carbonyl (C=O) groups excluding carboxylic acids is 1. The third kappa shape index (κ3) is 3.42. The molecule has 3 rings (SSSR count). The van der Waals surface area contributed by atoms with Crippen molar-refractivity contribution in [2.45, 2.75) is 26.0 Å². The number of rotatable bonds is 1. The van der Waals surface area contributed by atoms with Gasteiger partial charge in [0.15, 0.2) is 5.82 Å². The Morgan fingerprint density at radius 2 is 2.13 bits per heavy atom. The number of hydrogen-bond donors (Lipinski definition) is 1. The Balaban J connectivity index is 1.84. The van der Waals surface area contributed by atoms with Crippen molar-refractivity contribution in [1.82, 2.24) is 14.7 Å². The molecule has 2 amide bonds. The van der Waals surface area contributed by atoms with Crippen molar-refractivity contribution in [3.8, 4) is 5.75 Å². The number of nitrogens with one attached hydrogen (secondary N) is 1. The lowest BCUT2D eigenvalue weighted by Gasteiger charge is -2.29. The summed E-state index contributed by atoms with van der Waals surface area (Å²) in [5.74, 6) is 1.17. The van der Waals surface area contributed by atoms with E-state index in [4.69, 9.17) is 16.3 Å². The third-order valence-corrected chi connectivity index (χ3v) is 3.86. The zero-order valence-electron chi connectivity index (χ0n) is 13.3. The highest BCUT2D eigenvalue weighted by molar-refractivity contribution is 6.33. The summed E-state index contributed by atoms with van der Waals surface area (Å²) in [6, 6.07) is 7.50. The van der Waals surface area contributed by atoms with Crippen LogP contribution < -0.4 is 10.1 Å². The van der Waals surface area contributed by atoms with Crippen LogP contribution in [-0.4, -0.2) is 32.9 Å². The summed E-state index contributed by atoms with van der Waals surface area (Å²) >= 11 is 6.06. The normalized spacial score (nSPS) is 16.3. The second-order valence-corrected chi connectivity index (χ2v) is 6.66. The Hall–Kier alpha value is -2.21. The summed E-state index contributed by atoms with van der Waals surface area (Å²) in [7, 11) is 1.75. The molecule has 23 heavy (non-hydrogen) atoms. The smallest absolute Gasteiger partial charge is 0.323 e. The molecule has 0 spiro atoms. The van der Waals surface area contributed by atoms with Crippen LogP contribution in [0.5, 0.6) is 5.75 Å². The van der Waals surface area contributed by atoms with Crippen LogP contribution in [0.2, 0.25) is 5.02 Å². The van der Waals surface area contributed by atoms with Gasteiger partial charge in [-0.2, -0.15) is 5.10 Å². The van der Waals surface area contributed by atoms with Gasteiger partial charge in [0.25, 0.3) is 0 Å². The van der Waals surface area contributed by atoms with E-state index in [0.29, 0.717) is 23.9 Å². The molecule has 1 aliphatic heterocycles. The van der Waals surface area contributed by atoms with Gasteiger partial charge in [0.1, 0.15) is 16.4 Å². The lowest BCUT2D eigenvalue weighted by Crippen LogP contribution is -2.44. The third-order valence-electron chi connectivity index (χ3n) is 3.59. The predicted molar refractivity (Wildman–Crippen MR) is 88.8 cm³/mol. The van der Waals surface area contributed by atoms with Crippen LogP contribution in [0.25, 0.3) is 0 Å². The molecular formula is C16H19ClN4O2. The van der Waals surface area contributed by atoms with E-state index in [-0.39, 0.29) is 6.03 Å². The van der Waals surface area contributed by atoms with E-state index in [9.17, 15) is 4.79 Å². The summed E-state index contributed by atoms with van der Waals surface area (Å²) in [5.41, 5.74) is 0.484. The molecule has 6 nitrogen and oxygen atoms in total.